The predicted octanol–water partition coefficient (Wildman–Crippen LogP) is 6.71. The molecule has 1 aromatic heterocycles. The second-order valence-corrected chi connectivity index (χ2v) is 10.5. The van der Waals surface area contributed by atoms with Crippen LogP contribution in [0, 0.1) is 3.95 Å². The highest BCUT2D eigenvalue weighted by Crippen LogP contribution is 2.45. The van der Waals surface area contributed by atoms with Crippen molar-refractivity contribution in [1.29, 1.82) is 0 Å². The summed E-state index contributed by atoms with van der Waals surface area (Å²) in [4.78, 5) is 3.53. The van der Waals surface area contributed by atoms with E-state index in [0.29, 0.717) is 27.6 Å². The molecule has 0 bridgehead atoms. The molecule has 7 heteroatoms. The number of thiazole rings is 1. The van der Waals surface area contributed by atoms with Gasteiger partial charge in [-0.3, -0.25) is 0 Å². The molecule has 1 aliphatic rings. The maximum atomic E-state index is 10.7. The van der Waals surface area contributed by atoms with Crippen LogP contribution in [0.1, 0.15) is 55.0 Å². The van der Waals surface area contributed by atoms with Crippen molar-refractivity contribution >= 4 is 23.6 Å². The fraction of sp³-hybridized carbons (Fsp3) is 0.400. The van der Waals surface area contributed by atoms with Crippen LogP contribution in [0.3, 0.4) is 0 Å². The number of nitrogens with one attached hydrogen (secondary N) is 1. The summed E-state index contributed by atoms with van der Waals surface area (Å²) in [6, 6.07) is 9.87. The zero-order valence-corrected chi connectivity index (χ0v) is 20.3. The first-order valence-corrected chi connectivity index (χ1v) is 12.1. The lowest BCUT2D eigenvalue weighted by molar-refractivity contribution is 0.308. The maximum absolute atomic E-state index is 10.7. The van der Waals surface area contributed by atoms with Gasteiger partial charge in [-0.2, -0.15) is 0 Å². The molecule has 0 unspecified atom stereocenters. The van der Waals surface area contributed by atoms with E-state index in [1.165, 1.54) is 30.6 Å². The van der Waals surface area contributed by atoms with Crippen LogP contribution >= 0.6 is 23.6 Å². The Balaban J connectivity index is 1.81. The third-order valence-electron chi connectivity index (χ3n) is 6.54. The van der Waals surface area contributed by atoms with Crippen molar-refractivity contribution in [1.82, 2.24) is 4.98 Å². The zero-order chi connectivity index (χ0) is 22.9. The van der Waals surface area contributed by atoms with Crippen molar-refractivity contribution in [3.8, 4) is 34.3 Å². The Morgan fingerprint density at radius 3 is 2.41 bits per heavy atom. The standard InChI is InChI=1S/C25H29NO4S2/c1-25(9-5-4-6-10-25)18-12-15(7-8-19(18)27)16-11-17(22(30-3)20(13-16)29-2)14-21-23(28)26-24(31)32-21/h7-8,11-13,27-28H,4-6,9-10,14H2,1-3H3,(H,26,31). The molecular formula is C25H29NO4S2. The third-order valence-corrected chi connectivity index (χ3v) is 7.77. The number of phenolic OH excluding ortho intramolecular Hbond substituents is 1. The number of H-pyrrole nitrogens is 1. The van der Waals surface area contributed by atoms with Gasteiger partial charge in [0.15, 0.2) is 15.5 Å². The number of aromatic hydroxyl groups is 2. The quantitative estimate of drug-likeness (QED) is 0.348. The fourth-order valence-electron chi connectivity index (χ4n) is 4.79. The van der Waals surface area contributed by atoms with Crippen molar-refractivity contribution in [2.45, 2.75) is 50.9 Å². The van der Waals surface area contributed by atoms with Gasteiger partial charge in [-0.25, -0.2) is 0 Å². The minimum atomic E-state index is -0.0177. The summed E-state index contributed by atoms with van der Waals surface area (Å²) in [6.07, 6.45) is 6.25. The lowest BCUT2D eigenvalue weighted by atomic mass is 9.70. The minimum absolute atomic E-state index is 0.0177. The highest BCUT2D eigenvalue weighted by Gasteiger charge is 2.31. The number of aromatic amines is 1. The molecule has 170 valence electrons. The molecule has 0 atom stereocenters. The molecule has 0 radical (unpaired) electrons. The van der Waals surface area contributed by atoms with Crippen LogP contribution in [0.4, 0.5) is 0 Å². The number of aromatic nitrogens is 1. The second-order valence-electron chi connectivity index (χ2n) is 8.69. The zero-order valence-electron chi connectivity index (χ0n) is 18.7. The summed E-state index contributed by atoms with van der Waals surface area (Å²) in [5, 5.41) is 20.9. The van der Waals surface area contributed by atoms with Gasteiger partial charge in [-0.15, -0.1) is 11.3 Å². The van der Waals surface area contributed by atoms with Crippen LogP contribution in [-0.4, -0.2) is 29.4 Å². The third kappa shape index (κ3) is 4.36. The van der Waals surface area contributed by atoms with Crippen LogP contribution in [0.5, 0.6) is 23.1 Å². The Morgan fingerprint density at radius 1 is 1.03 bits per heavy atom. The monoisotopic (exact) mass is 471 g/mol. The molecule has 3 N–H and O–H groups in total. The molecule has 5 nitrogen and oxygen atoms in total. The van der Waals surface area contributed by atoms with E-state index in [0.717, 1.165) is 40.0 Å². The highest BCUT2D eigenvalue weighted by atomic mass is 32.1. The van der Waals surface area contributed by atoms with Gasteiger partial charge in [0.1, 0.15) is 5.75 Å². The van der Waals surface area contributed by atoms with E-state index in [9.17, 15) is 10.2 Å². The molecule has 1 fully saturated rings. The van der Waals surface area contributed by atoms with Gasteiger partial charge in [-0.05, 0) is 65.9 Å². The van der Waals surface area contributed by atoms with Crippen LogP contribution in [-0.2, 0) is 11.8 Å². The summed E-state index contributed by atoms with van der Waals surface area (Å²) in [5.41, 5.74) is 3.86. The van der Waals surface area contributed by atoms with E-state index in [1.807, 2.05) is 12.1 Å². The molecule has 0 amide bonds. The molecule has 2 aromatic carbocycles. The number of benzene rings is 2. The summed E-state index contributed by atoms with van der Waals surface area (Å²) < 4.78 is 11.8. The second kappa shape index (κ2) is 9.16. The summed E-state index contributed by atoms with van der Waals surface area (Å²) in [5.74, 6) is 1.70. The molecule has 0 saturated heterocycles. The van der Waals surface area contributed by atoms with Gasteiger partial charge in [0.05, 0.1) is 19.1 Å². The molecule has 0 spiro atoms. The molecule has 1 saturated carbocycles. The van der Waals surface area contributed by atoms with Gasteiger partial charge in [0.2, 0.25) is 5.88 Å². The Morgan fingerprint density at radius 2 is 1.78 bits per heavy atom. The van der Waals surface area contributed by atoms with E-state index in [-0.39, 0.29) is 11.3 Å². The molecule has 4 rings (SSSR count). The first-order valence-electron chi connectivity index (χ1n) is 10.8. The Labute approximate surface area is 197 Å². The smallest absolute Gasteiger partial charge is 0.203 e. The Kier molecular flexibility index (Phi) is 6.49. The van der Waals surface area contributed by atoms with Gasteiger partial charge >= 0.3 is 0 Å². The van der Waals surface area contributed by atoms with Crippen LogP contribution in [0.15, 0.2) is 30.3 Å². The molecule has 32 heavy (non-hydrogen) atoms. The average Bonchev–Trinajstić information content (AvgIpc) is 3.10. The van der Waals surface area contributed by atoms with Crippen molar-refractivity contribution in [2.75, 3.05) is 14.2 Å². The molecule has 0 aliphatic heterocycles. The number of rotatable bonds is 6. The lowest BCUT2D eigenvalue weighted by Gasteiger charge is -2.35. The summed E-state index contributed by atoms with van der Waals surface area (Å²) >= 11 is 6.52. The molecule has 3 aromatic rings. The van der Waals surface area contributed by atoms with Crippen molar-refractivity contribution in [3.05, 3.63) is 50.3 Å². The van der Waals surface area contributed by atoms with E-state index >= 15 is 0 Å². The molecule has 1 aliphatic carbocycles. The summed E-state index contributed by atoms with van der Waals surface area (Å²) in [6.45, 7) is 2.26. The summed E-state index contributed by atoms with van der Waals surface area (Å²) in [7, 11) is 3.23. The van der Waals surface area contributed by atoms with Crippen LogP contribution in [0.2, 0.25) is 0 Å². The number of ether oxygens (including phenoxy) is 2. The van der Waals surface area contributed by atoms with Gasteiger partial charge in [0, 0.05) is 17.5 Å². The topological polar surface area (TPSA) is 74.7 Å². The van der Waals surface area contributed by atoms with Crippen molar-refractivity contribution in [3.63, 3.8) is 0 Å². The van der Waals surface area contributed by atoms with E-state index < -0.39 is 0 Å². The lowest BCUT2D eigenvalue weighted by Crippen LogP contribution is -2.25. The predicted molar refractivity (Wildman–Crippen MR) is 131 cm³/mol. The number of phenols is 1. The Hall–Kier alpha value is -2.51. The van der Waals surface area contributed by atoms with Gasteiger partial charge in [0.25, 0.3) is 0 Å². The van der Waals surface area contributed by atoms with Crippen molar-refractivity contribution < 1.29 is 19.7 Å². The largest absolute Gasteiger partial charge is 0.508 e. The Bertz CT molecular complexity index is 1180. The average molecular weight is 472 g/mol. The van der Waals surface area contributed by atoms with E-state index in [2.05, 4.69) is 24.0 Å². The number of hydrogen-bond donors (Lipinski definition) is 3. The fourth-order valence-corrected chi connectivity index (χ4v) is 5.93. The SMILES string of the molecule is COc1cc(-c2ccc(O)c(C3(C)CCCCC3)c2)cc(Cc2sc(=S)[nH]c2O)c1OC. The molecule has 1 heterocycles. The highest BCUT2D eigenvalue weighted by molar-refractivity contribution is 7.73. The first-order chi connectivity index (χ1) is 15.3. The van der Waals surface area contributed by atoms with Crippen LogP contribution < -0.4 is 9.47 Å². The van der Waals surface area contributed by atoms with Crippen LogP contribution in [0.25, 0.3) is 11.1 Å². The van der Waals surface area contributed by atoms with E-state index in [4.69, 9.17) is 21.7 Å². The normalized spacial score (nSPS) is 15.5. The van der Waals surface area contributed by atoms with Gasteiger partial charge in [-0.1, -0.05) is 32.3 Å². The molecular weight excluding hydrogens is 442 g/mol. The minimum Gasteiger partial charge on any atom is -0.508 e. The van der Waals surface area contributed by atoms with Gasteiger partial charge < -0.3 is 24.7 Å². The van der Waals surface area contributed by atoms with Crippen molar-refractivity contribution in [2.24, 2.45) is 0 Å². The maximum Gasteiger partial charge on any atom is 0.203 e. The number of hydrogen-bond acceptors (Lipinski definition) is 6. The van der Waals surface area contributed by atoms with E-state index in [1.54, 1.807) is 20.3 Å². The number of methoxy groups -OCH3 is 2. The first kappa shape index (κ1) is 22.7.